The van der Waals surface area contributed by atoms with Gasteiger partial charge in [0.2, 0.25) is 0 Å². The summed E-state index contributed by atoms with van der Waals surface area (Å²) in [5.74, 6) is 3.14. The number of benzene rings is 1. The summed E-state index contributed by atoms with van der Waals surface area (Å²) in [6, 6.07) is 7.67. The first kappa shape index (κ1) is 20.4. The van der Waals surface area contributed by atoms with Gasteiger partial charge in [0.25, 0.3) is 0 Å². The molecule has 2 rings (SSSR count). The van der Waals surface area contributed by atoms with Crippen LogP contribution in [-0.4, -0.2) is 63.8 Å². The van der Waals surface area contributed by atoms with Crippen LogP contribution in [0.2, 0.25) is 0 Å². The van der Waals surface area contributed by atoms with Gasteiger partial charge < -0.3 is 25.0 Å². The summed E-state index contributed by atoms with van der Waals surface area (Å²) >= 11 is 0. The number of guanidine groups is 1. The lowest BCUT2D eigenvalue weighted by atomic mass is 10.1. The van der Waals surface area contributed by atoms with Crippen molar-refractivity contribution in [1.82, 2.24) is 15.5 Å². The van der Waals surface area contributed by atoms with Crippen molar-refractivity contribution >= 4 is 5.96 Å². The highest BCUT2D eigenvalue weighted by Crippen LogP contribution is 2.19. The number of methoxy groups -OCH3 is 1. The van der Waals surface area contributed by atoms with Crippen LogP contribution in [0, 0.1) is 5.92 Å². The third-order valence-corrected chi connectivity index (χ3v) is 4.63. The van der Waals surface area contributed by atoms with Crippen LogP contribution < -0.4 is 20.1 Å². The molecule has 2 atom stereocenters. The average molecular weight is 363 g/mol. The predicted molar refractivity (Wildman–Crippen MR) is 107 cm³/mol. The predicted octanol–water partition coefficient (Wildman–Crippen LogP) is 2.36. The van der Waals surface area contributed by atoms with Gasteiger partial charge in [-0.2, -0.15) is 0 Å². The van der Waals surface area contributed by atoms with Crippen molar-refractivity contribution < 1.29 is 9.47 Å². The van der Waals surface area contributed by atoms with E-state index in [1.165, 1.54) is 32.5 Å². The number of ether oxygens (including phenoxy) is 2. The molecule has 1 aliphatic rings. The van der Waals surface area contributed by atoms with Crippen LogP contribution in [0.5, 0.6) is 11.5 Å². The number of hydrogen-bond donors (Lipinski definition) is 2. The highest BCUT2D eigenvalue weighted by molar-refractivity contribution is 5.79. The minimum Gasteiger partial charge on any atom is -0.497 e. The Kier molecular flexibility index (Phi) is 8.54. The third-order valence-electron chi connectivity index (χ3n) is 4.63. The Morgan fingerprint density at radius 2 is 2.15 bits per heavy atom. The standard InChI is InChI=1S/C20H34N4O2/c1-5-10-24-11-9-17(15-24)14-23-20(21-3)22-13-16(2)26-19-8-6-7-18(12-19)25-4/h6-8,12,16-17H,5,9-11,13-15H2,1-4H3,(H2,21,22,23). The Labute approximate surface area is 158 Å². The molecule has 2 N–H and O–H groups in total. The Morgan fingerprint density at radius 1 is 1.35 bits per heavy atom. The summed E-state index contributed by atoms with van der Waals surface area (Å²) in [6.45, 7) is 9.55. The summed E-state index contributed by atoms with van der Waals surface area (Å²) in [5, 5.41) is 6.80. The van der Waals surface area contributed by atoms with E-state index in [4.69, 9.17) is 9.47 Å². The van der Waals surface area contributed by atoms with Crippen molar-refractivity contribution in [3.63, 3.8) is 0 Å². The number of hydrogen-bond acceptors (Lipinski definition) is 4. The fourth-order valence-electron chi connectivity index (χ4n) is 3.25. The molecule has 6 nitrogen and oxygen atoms in total. The van der Waals surface area contributed by atoms with E-state index in [2.05, 4.69) is 27.4 Å². The first-order valence-corrected chi connectivity index (χ1v) is 9.62. The topological polar surface area (TPSA) is 58.1 Å². The van der Waals surface area contributed by atoms with Crippen molar-refractivity contribution in [3.05, 3.63) is 24.3 Å². The summed E-state index contributed by atoms with van der Waals surface area (Å²) < 4.78 is 11.2. The minimum absolute atomic E-state index is 0.0205. The molecule has 1 saturated heterocycles. The van der Waals surface area contributed by atoms with E-state index in [0.29, 0.717) is 12.5 Å². The highest BCUT2D eigenvalue weighted by Gasteiger charge is 2.21. The van der Waals surface area contributed by atoms with Crippen LogP contribution in [0.3, 0.4) is 0 Å². The molecule has 0 aliphatic carbocycles. The Hall–Kier alpha value is -1.95. The fourth-order valence-corrected chi connectivity index (χ4v) is 3.25. The van der Waals surface area contributed by atoms with E-state index in [9.17, 15) is 0 Å². The number of nitrogens with one attached hydrogen (secondary N) is 2. The van der Waals surface area contributed by atoms with Crippen molar-refractivity contribution in [3.8, 4) is 11.5 Å². The Balaban J connectivity index is 1.69. The lowest BCUT2D eigenvalue weighted by Gasteiger charge is -2.19. The normalized spacial score (nSPS) is 19.2. The Bertz CT molecular complexity index is 564. The molecule has 1 heterocycles. The van der Waals surface area contributed by atoms with Crippen LogP contribution in [0.4, 0.5) is 0 Å². The van der Waals surface area contributed by atoms with Gasteiger partial charge in [-0.1, -0.05) is 13.0 Å². The van der Waals surface area contributed by atoms with Gasteiger partial charge in [-0.15, -0.1) is 0 Å². The van der Waals surface area contributed by atoms with E-state index in [1.807, 2.05) is 31.2 Å². The first-order chi connectivity index (χ1) is 12.6. The number of nitrogens with zero attached hydrogens (tertiary/aromatic N) is 2. The van der Waals surface area contributed by atoms with Crippen molar-refractivity contribution in [2.45, 2.75) is 32.8 Å². The molecule has 0 radical (unpaired) electrons. The van der Waals surface area contributed by atoms with Gasteiger partial charge in [0.15, 0.2) is 5.96 Å². The van der Waals surface area contributed by atoms with E-state index >= 15 is 0 Å². The van der Waals surface area contributed by atoms with Crippen LogP contribution in [-0.2, 0) is 0 Å². The molecule has 0 amide bonds. The molecule has 1 fully saturated rings. The SMILES string of the molecule is CCCN1CCC(CNC(=NC)NCC(C)Oc2cccc(OC)c2)C1. The minimum atomic E-state index is 0.0205. The quantitative estimate of drug-likeness (QED) is 0.522. The molecule has 146 valence electrons. The molecule has 1 aromatic rings. The second-order valence-electron chi connectivity index (χ2n) is 6.90. The second kappa shape index (κ2) is 10.9. The molecule has 6 heteroatoms. The number of aliphatic imine (C=N–C) groups is 1. The van der Waals surface area contributed by atoms with E-state index in [-0.39, 0.29) is 6.10 Å². The van der Waals surface area contributed by atoms with Crippen molar-refractivity contribution in [2.24, 2.45) is 10.9 Å². The maximum Gasteiger partial charge on any atom is 0.191 e. The zero-order chi connectivity index (χ0) is 18.8. The molecule has 1 aliphatic heterocycles. The van der Waals surface area contributed by atoms with E-state index < -0.39 is 0 Å². The van der Waals surface area contributed by atoms with Crippen molar-refractivity contribution in [2.75, 3.05) is 46.9 Å². The third kappa shape index (κ3) is 6.75. The summed E-state index contributed by atoms with van der Waals surface area (Å²) in [4.78, 5) is 6.86. The molecule has 1 aromatic carbocycles. The fraction of sp³-hybridized carbons (Fsp3) is 0.650. The molecule has 0 saturated carbocycles. The summed E-state index contributed by atoms with van der Waals surface area (Å²) in [5.41, 5.74) is 0. The second-order valence-corrected chi connectivity index (χ2v) is 6.90. The zero-order valence-electron chi connectivity index (χ0n) is 16.6. The van der Waals surface area contributed by atoms with Gasteiger partial charge in [-0.3, -0.25) is 4.99 Å². The molecule has 0 aromatic heterocycles. The van der Waals surface area contributed by atoms with Gasteiger partial charge in [0, 0.05) is 26.2 Å². The van der Waals surface area contributed by atoms with Gasteiger partial charge >= 0.3 is 0 Å². The lowest BCUT2D eigenvalue weighted by Crippen LogP contribution is -2.43. The van der Waals surface area contributed by atoms with E-state index in [1.54, 1.807) is 14.2 Å². The maximum atomic E-state index is 5.94. The summed E-state index contributed by atoms with van der Waals surface area (Å²) in [7, 11) is 3.46. The largest absolute Gasteiger partial charge is 0.497 e. The lowest BCUT2D eigenvalue weighted by molar-refractivity contribution is 0.223. The van der Waals surface area contributed by atoms with Gasteiger partial charge in [0.05, 0.1) is 13.7 Å². The molecule has 26 heavy (non-hydrogen) atoms. The van der Waals surface area contributed by atoms with E-state index in [0.717, 1.165) is 24.0 Å². The highest BCUT2D eigenvalue weighted by atomic mass is 16.5. The molecule has 0 spiro atoms. The first-order valence-electron chi connectivity index (χ1n) is 9.62. The molecule has 0 bridgehead atoms. The zero-order valence-corrected chi connectivity index (χ0v) is 16.6. The monoisotopic (exact) mass is 362 g/mol. The van der Waals surface area contributed by atoms with Crippen molar-refractivity contribution in [1.29, 1.82) is 0 Å². The Morgan fingerprint density at radius 3 is 2.88 bits per heavy atom. The van der Waals surface area contributed by atoms with Gasteiger partial charge in [-0.05, 0) is 50.9 Å². The number of likely N-dealkylation sites (tertiary alicyclic amines) is 1. The van der Waals surface area contributed by atoms with Gasteiger partial charge in [0.1, 0.15) is 17.6 Å². The number of rotatable bonds is 9. The summed E-state index contributed by atoms with van der Waals surface area (Å²) in [6.07, 6.45) is 2.51. The van der Waals surface area contributed by atoms with Crippen LogP contribution in [0.15, 0.2) is 29.3 Å². The average Bonchev–Trinajstić information content (AvgIpc) is 3.10. The molecular formula is C20H34N4O2. The van der Waals surface area contributed by atoms with Crippen LogP contribution >= 0.6 is 0 Å². The maximum absolute atomic E-state index is 5.94. The van der Waals surface area contributed by atoms with Crippen LogP contribution in [0.1, 0.15) is 26.7 Å². The molecule has 2 unspecified atom stereocenters. The van der Waals surface area contributed by atoms with Gasteiger partial charge in [-0.25, -0.2) is 0 Å². The van der Waals surface area contributed by atoms with Crippen LogP contribution in [0.25, 0.3) is 0 Å². The molecular weight excluding hydrogens is 328 g/mol. The smallest absolute Gasteiger partial charge is 0.191 e.